The normalized spacial score (nSPS) is 27.8. The third-order valence-electron chi connectivity index (χ3n) is 3.41. The van der Waals surface area contributed by atoms with Crippen molar-refractivity contribution in [2.24, 2.45) is 0 Å². The molecule has 122 valence electrons. The van der Waals surface area contributed by atoms with E-state index in [1.165, 1.54) is 12.3 Å². The highest BCUT2D eigenvalue weighted by atomic mass is 16.6. The number of carbonyl (C=O) groups excluding carboxylic acids is 1. The summed E-state index contributed by atoms with van der Waals surface area (Å²) in [6.45, 7) is 1.62. The van der Waals surface area contributed by atoms with E-state index in [0.29, 0.717) is 6.42 Å². The molecule has 4 unspecified atom stereocenters. The van der Waals surface area contributed by atoms with Gasteiger partial charge in [-0.05, 0) is 12.5 Å². The first kappa shape index (κ1) is 16.5. The summed E-state index contributed by atoms with van der Waals surface area (Å²) in [6.07, 6.45) is -2.53. The molecule has 0 spiro atoms. The molecule has 0 bridgehead atoms. The first-order chi connectivity index (χ1) is 10.4. The Balaban J connectivity index is 2.06. The number of aromatic hydroxyl groups is 1. The maximum absolute atomic E-state index is 11.8. The number of aromatic nitrogens is 1. The molecule has 0 amide bonds. The van der Waals surface area contributed by atoms with Crippen LogP contribution in [-0.4, -0.2) is 50.8 Å². The molecule has 0 aromatic carbocycles. The van der Waals surface area contributed by atoms with Gasteiger partial charge in [0.25, 0.3) is 5.56 Å². The average Bonchev–Trinajstić information content (AvgIpc) is 2.74. The molecule has 1 aliphatic heterocycles. The van der Waals surface area contributed by atoms with Crippen LogP contribution in [0.1, 0.15) is 26.0 Å². The number of pyridine rings is 1. The molecular formula is C14H19NO7. The molecule has 1 aliphatic rings. The van der Waals surface area contributed by atoms with E-state index in [-0.39, 0.29) is 18.8 Å². The molecule has 1 fully saturated rings. The van der Waals surface area contributed by atoms with E-state index in [2.05, 4.69) is 0 Å². The van der Waals surface area contributed by atoms with Crippen LogP contribution in [0.4, 0.5) is 0 Å². The van der Waals surface area contributed by atoms with Gasteiger partial charge in [0.05, 0.1) is 0 Å². The van der Waals surface area contributed by atoms with Crippen molar-refractivity contribution in [3.63, 3.8) is 0 Å². The smallest absolute Gasteiger partial charge is 0.305 e. The predicted molar refractivity (Wildman–Crippen MR) is 74.2 cm³/mol. The van der Waals surface area contributed by atoms with Crippen LogP contribution in [0.15, 0.2) is 23.1 Å². The van der Waals surface area contributed by atoms with Crippen molar-refractivity contribution in [1.82, 2.24) is 4.57 Å². The van der Waals surface area contributed by atoms with E-state index in [4.69, 9.17) is 9.47 Å². The molecule has 0 aliphatic carbocycles. The average molecular weight is 313 g/mol. The summed E-state index contributed by atoms with van der Waals surface area (Å²) in [4.78, 5) is 23.1. The SMILES string of the molecule is CCCC(=O)OCC1OC(n2ccc(O)cc2=O)C(O)C1O. The molecule has 0 radical (unpaired) electrons. The van der Waals surface area contributed by atoms with E-state index in [1.54, 1.807) is 0 Å². The quantitative estimate of drug-likeness (QED) is 0.628. The molecule has 0 saturated carbocycles. The molecular weight excluding hydrogens is 294 g/mol. The number of esters is 1. The zero-order valence-corrected chi connectivity index (χ0v) is 12.1. The van der Waals surface area contributed by atoms with Crippen LogP contribution in [-0.2, 0) is 14.3 Å². The highest BCUT2D eigenvalue weighted by molar-refractivity contribution is 5.69. The molecule has 1 saturated heterocycles. The first-order valence-corrected chi connectivity index (χ1v) is 7.02. The van der Waals surface area contributed by atoms with Crippen LogP contribution in [0.2, 0.25) is 0 Å². The summed E-state index contributed by atoms with van der Waals surface area (Å²) in [7, 11) is 0. The van der Waals surface area contributed by atoms with Crippen LogP contribution in [0, 0.1) is 0 Å². The Morgan fingerprint density at radius 1 is 1.41 bits per heavy atom. The van der Waals surface area contributed by atoms with Crippen molar-refractivity contribution in [3.8, 4) is 5.75 Å². The second-order valence-electron chi connectivity index (χ2n) is 5.11. The molecule has 8 heteroatoms. The van der Waals surface area contributed by atoms with Crippen LogP contribution in [0.5, 0.6) is 5.75 Å². The van der Waals surface area contributed by atoms with Gasteiger partial charge in [0.2, 0.25) is 0 Å². The number of rotatable bonds is 5. The van der Waals surface area contributed by atoms with Gasteiger partial charge in [0.1, 0.15) is 30.7 Å². The summed E-state index contributed by atoms with van der Waals surface area (Å²) >= 11 is 0. The highest BCUT2D eigenvalue weighted by Crippen LogP contribution is 2.28. The minimum absolute atomic E-state index is 0.208. The van der Waals surface area contributed by atoms with Gasteiger partial charge in [-0.2, -0.15) is 0 Å². The van der Waals surface area contributed by atoms with Crippen LogP contribution in [0.3, 0.4) is 0 Å². The first-order valence-electron chi connectivity index (χ1n) is 7.02. The van der Waals surface area contributed by atoms with Crippen LogP contribution < -0.4 is 5.56 Å². The lowest BCUT2D eigenvalue weighted by Gasteiger charge is -2.17. The lowest BCUT2D eigenvalue weighted by atomic mass is 10.1. The fourth-order valence-electron chi connectivity index (χ4n) is 2.24. The number of ether oxygens (including phenoxy) is 2. The van der Waals surface area contributed by atoms with Gasteiger partial charge in [-0.25, -0.2) is 0 Å². The topological polar surface area (TPSA) is 118 Å². The zero-order chi connectivity index (χ0) is 16.3. The van der Waals surface area contributed by atoms with Gasteiger partial charge in [-0.15, -0.1) is 0 Å². The number of aliphatic hydroxyl groups excluding tert-OH is 2. The van der Waals surface area contributed by atoms with Gasteiger partial charge in [-0.3, -0.25) is 14.2 Å². The minimum atomic E-state index is -1.35. The molecule has 3 N–H and O–H groups in total. The molecule has 2 heterocycles. The highest BCUT2D eigenvalue weighted by Gasteiger charge is 2.44. The fourth-order valence-corrected chi connectivity index (χ4v) is 2.24. The summed E-state index contributed by atoms with van der Waals surface area (Å²) in [6, 6.07) is 2.23. The lowest BCUT2D eigenvalue weighted by molar-refractivity contribution is -0.150. The van der Waals surface area contributed by atoms with Crippen molar-refractivity contribution >= 4 is 5.97 Å². The summed E-state index contributed by atoms with van der Waals surface area (Å²) in [5.41, 5.74) is -0.583. The van der Waals surface area contributed by atoms with Crippen molar-refractivity contribution in [2.75, 3.05) is 6.61 Å². The maximum Gasteiger partial charge on any atom is 0.305 e. The second-order valence-corrected chi connectivity index (χ2v) is 5.11. The molecule has 2 rings (SSSR count). The lowest BCUT2D eigenvalue weighted by Crippen LogP contribution is -2.35. The molecule has 8 nitrogen and oxygen atoms in total. The Morgan fingerprint density at radius 3 is 2.77 bits per heavy atom. The third kappa shape index (κ3) is 3.46. The number of nitrogens with zero attached hydrogens (tertiary/aromatic N) is 1. The van der Waals surface area contributed by atoms with Gasteiger partial charge >= 0.3 is 5.97 Å². The van der Waals surface area contributed by atoms with Crippen molar-refractivity contribution in [1.29, 1.82) is 0 Å². The van der Waals surface area contributed by atoms with Gasteiger partial charge in [0, 0.05) is 18.7 Å². The van der Waals surface area contributed by atoms with Gasteiger partial charge in [0.15, 0.2) is 6.23 Å². The molecule has 1 aromatic heterocycles. The molecule has 22 heavy (non-hydrogen) atoms. The third-order valence-corrected chi connectivity index (χ3v) is 3.41. The van der Waals surface area contributed by atoms with Crippen LogP contribution >= 0.6 is 0 Å². The summed E-state index contributed by atoms with van der Waals surface area (Å²) < 4.78 is 11.4. The summed E-state index contributed by atoms with van der Waals surface area (Å²) in [5, 5.41) is 29.2. The van der Waals surface area contributed by atoms with Gasteiger partial charge < -0.3 is 24.8 Å². The van der Waals surface area contributed by atoms with E-state index in [0.717, 1.165) is 10.6 Å². The zero-order valence-electron chi connectivity index (χ0n) is 12.1. The van der Waals surface area contributed by atoms with E-state index in [9.17, 15) is 24.9 Å². The molecule has 4 atom stereocenters. The Kier molecular flexibility index (Phi) is 5.17. The largest absolute Gasteiger partial charge is 0.508 e. The Bertz CT molecular complexity index is 585. The van der Waals surface area contributed by atoms with E-state index < -0.39 is 36.1 Å². The second kappa shape index (κ2) is 6.91. The van der Waals surface area contributed by atoms with Crippen LogP contribution in [0.25, 0.3) is 0 Å². The summed E-state index contributed by atoms with van der Waals surface area (Å²) in [5.74, 6) is -0.627. The van der Waals surface area contributed by atoms with E-state index >= 15 is 0 Å². The minimum Gasteiger partial charge on any atom is -0.508 e. The number of hydrogen-bond donors (Lipinski definition) is 3. The Labute approximate surface area is 126 Å². The number of hydrogen-bond acceptors (Lipinski definition) is 7. The van der Waals surface area contributed by atoms with Crippen molar-refractivity contribution in [3.05, 3.63) is 28.7 Å². The maximum atomic E-state index is 11.8. The van der Waals surface area contributed by atoms with Crippen molar-refractivity contribution < 1.29 is 29.6 Å². The predicted octanol–water partition coefficient (Wildman–Crippen LogP) is -0.484. The van der Waals surface area contributed by atoms with Gasteiger partial charge in [-0.1, -0.05) is 6.92 Å². The monoisotopic (exact) mass is 313 g/mol. The van der Waals surface area contributed by atoms with Crippen molar-refractivity contribution in [2.45, 2.75) is 44.3 Å². The molecule has 1 aromatic rings. The number of carbonyl (C=O) groups is 1. The Morgan fingerprint density at radius 2 is 2.14 bits per heavy atom. The number of aliphatic hydroxyl groups is 2. The van der Waals surface area contributed by atoms with E-state index in [1.807, 2.05) is 6.92 Å². The standard InChI is InChI=1S/C14H19NO7/c1-2-3-11(18)21-7-9-12(19)13(20)14(22-9)15-5-4-8(16)6-10(15)17/h4-6,9,12-14,16,19-20H,2-3,7H2,1H3. The fraction of sp³-hybridized carbons (Fsp3) is 0.571. The Hall–Kier alpha value is -1.90.